The maximum absolute atomic E-state index is 10.7. The topological polar surface area (TPSA) is 123 Å². The lowest BCUT2D eigenvalue weighted by Gasteiger charge is -2.18. The molecule has 1 aromatic heterocycles. The molecule has 1 fully saturated rings. The molecule has 3 aromatic rings. The quantitative estimate of drug-likeness (QED) is 0.423. The second-order valence-electron chi connectivity index (χ2n) is 8.82. The van der Waals surface area contributed by atoms with Gasteiger partial charge in [0.15, 0.2) is 0 Å². The van der Waals surface area contributed by atoms with Crippen molar-refractivity contribution in [3.8, 4) is 5.75 Å². The highest BCUT2D eigenvalue weighted by Gasteiger charge is 2.31. The number of aromatic nitrogens is 1. The number of ether oxygens (including phenoxy) is 1. The van der Waals surface area contributed by atoms with E-state index < -0.39 is 0 Å². The maximum Gasteiger partial charge on any atom is 0.290 e. The number of benzene rings is 2. The molecular weight excluding hydrogens is 462 g/mol. The second kappa shape index (κ2) is 14.8. The second-order valence-corrected chi connectivity index (χ2v) is 8.82. The van der Waals surface area contributed by atoms with Crippen LogP contribution >= 0.6 is 0 Å². The van der Waals surface area contributed by atoms with E-state index in [9.17, 15) is 5.11 Å². The SMILES string of the molecule is COc1ccc(CN2C[C@@H](Cc3ccc4ccccc4n3)[C@H](O)C2)cc1CN(C)C.O=CO.O=CO. The molecule has 0 aliphatic carbocycles. The van der Waals surface area contributed by atoms with Gasteiger partial charge in [-0.25, -0.2) is 0 Å². The molecule has 1 saturated heterocycles. The van der Waals surface area contributed by atoms with Crippen molar-refractivity contribution >= 4 is 23.8 Å². The first-order valence-electron chi connectivity index (χ1n) is 11.6. The number of β-amino-alcohol motifs (C(OH)–C–C–N with tert-alkyl or cyclic N) is 1. The van der Waals surface area contributed by atoms with E-state index in [0.29, 0.717) is 6.54 Å². The molecule has 36 heavy (non-hydrogen) atoms. The minimum atomic E-state index is -0.322. The summed E-state index contributed by atoms with van der Waals surface area (Å²) in [7, 11) is 5.85. The normalized spacial score (nSPS) is 17.0. The molecule has 2 atom stereocenters. The number of carboxylic acid groups (broad SMARTS) is 2. The van der Waals surface area contributed by atoms with Crippen molar-refractivity contribution in [3.05, 3.63) is 71.4 Å². The highest BCUT2D eigenvalue weighted by Crippen LogP contribution is 2.26. The third-order valence-corrected chi connectivity index (χ3v) is 5.85. The zero-order valence-corrected chi connectivity index (χ0v) is 20.9. The zero-order chi connectivity index (χ0) is 26.5. The molecule has 2 aromatic carbocycles. The average Bonchev–Trinajstić information content (AvgIpc) is 3.18. The standard InChI is InChI=1S/C25H31N3O2.2CH2O2/c1-27(2)15-21-12-18(8-11-25(21)30-3)14-28-16-20(24(29)17-28)13-22-10-9-19-6-4-5-7-23(19)26-22;2*2-1-3/h4-12,20,24,29H,13-17H2,1-3H3;2*1H,(H,2,3)/t20-,24-;;/m1../s1. The Bertz CT molecular complexity index is 1100. The van der Waals surface area contributed by atoms with Crippen LogP contribution in [0, 0.1) is 5.92 Å². The summed E-state index contributed by atoms with van der Waals surface area (Å²) in [4.78, 5) is 26.0. The van der Waals surface area contributed by atoms with Crippen molar-refractivity contribution in [2.24, 2.45) is 5.92 Å². The molecule has 9 heteroatoms. The van der Waals surface area contributed by atoms with E-state index in [1.807, 2.05) is 18.2 Å². The van der Waals surface area contributed by atoms with Crippen LogP contribution in [0.2, 0.25) is 0 Å². The van der Waals surface area contributed by atoms with Gasteiger partial charge < -0.3 is 25.0 Å². The van der Waals surface area contributed by atoms with Gasteiger partial charge in [-0.05, 0) is 50.3 Å². The van der Waals surface area contributed by atoms with Gasteiger partial charge in [0.2, 0.25) is 0 Å². The Morgan fingerprint density at radius 2 is 1.75 bits per heavy atom. The number of nitrogens with zero attached hydrogens (tertiary/aromatic N) is 3. The molecule has 1 aliphatic rings. The van der Waals surface area contributed by atoms with E-state index in [1.54, 1.807) is 7.11 Å². The lowest BCUT2D eigenvalue weighted by molar-refractivity contribution is -0.123. The average molecular weight is 498 g/mol. The Hall–Kier alpha value is -3.53. The summed E-state index contributed by atoms with van der Waals surface area (Å²) in [5.41, 5.74) is 4.52. The fourth-order valence-electron chi connectivity index (χ4n) is 4.41. The van der Waals surface area contributed by atoms with Gasteiger partial charge in [0.05, 0.1) is 18.7 Å². The molecule has 3 N–H and O–H groups in total. The van der Waals surface area contributed by atoms with Crippen molar-refractivity contribution < 1.29 is 29.6 Å². The van der Waals surface area contributed by atoms with Gasteiger partial charge in [-0.1, -0.05) is 30.3 Å². The van der Waals surface area contributed by atoms with Gasteiger partial charge in [0.1, 0.15) is 5.75 Å². The van der Waals surface area contributed by atoms with E-state index in [1.165, 1.54) is 11.1 Å². The van der Waals surface area contributed by atoms with Crippen molar-refractivity contribution in [1.82, 2.24) is 14.8 Å². The fourth-order valence-corrected chi connectivity index (χ4v) is 4.41. The molecule has 0 amide bonds. The molecule has 0 unspecified atom stereocenters. The van der Waals surface area contributed by atoms with Crippen LogP contribution in [0.5, 0.6) is 5.75 Å². The lowest BCUT2D eigenvalue weighted by atomic mass is 9.99. The van der Waals surface area contributed by atoms with Crippen LogP contribution in [0.15, 0.2) is 54.6 Å². The van der Waals surface area contributed by atoms with Crippen LogP contribution in [-0.4, -0.2) is 83.4 Å². The molecule has 0 spiro atoms. The van der Waals surface area contributed by atoms with Crippen molar-refractivity contribution in [2.45, 2.75) is 25.6 Å². The largest absolute Gasteiger partial charge is 0.496 e. The van der Waals surface area contributed by atoms with Crippen LogP contribution in [0.4, 0.5) is 0 Å². The number of pyridine rings is 1. The third-order valence-electron chi connectivity index (χ3n) is 5.85. The van der Waals surface area contributed by atoms with E-state index in [4.69, 9.17) is 29.5 Å². The summed E-state index contributed by atoms with van der Waals surface area (Å²) in [5, 5.41) is 25.6. The van der Waals surface area contributed by atoms with Gasteiger partial charge in [0.25, 0.3) is 12.9 Å². The highest BCUT2D eigenvalue weighted by atomic mass is 16.5. The van der Waals surface area contributed by atoms with E-state index in [0.717, 1.165) is 48.4 Å². The number of aliphatic hydroxyl groups excluding tert-OH is 1. The van der Waals surface area contributed by atoms with Gasteiger partial charge in [-0.15, -0.1) is 0 Å². The summed E-state index contributed by atoms with van der Waals surface area (Å²) in [6.45, 7) is 2.76. The molecular formula is C27H35N3O6. The predicted octanol–water partition coefficient (Wildman–Crippen LogP) is 2.74. The molecule has 0 saturated carbocycles. The number of para-hydroxylation sites is 1. The molecule has 4 rings (SSSR count). The van der Waals surface area contributed by atoms with Crippen LogP contribution < -0.4 is 4.74 Å². The van der Waals surface area contributed by atoms with Crippen LogP contribution in [0.3, 0.4) is 0 Å². The van der Waals surface area contributed by atoms with E-state index >= 15 is 0 Å². The van der Waals surface area contributed by atoms with Gasteiger partial charge in [-0.2, -0.15) is 0 Å². The molecule has 2 heterocycles. The molecule has 0 bridgehead atoms. The van der Waals surface area contributed by atoms with Crippen LogP contribution in [0.25, 0.3) is 10.9 Å². The Kier molecular flexibility index (Phi) is 11.8. The Morgan fingerprint density at radius 3 is 2.42 bits per heavy atom. The highest BCUT2D eigenvalue weighted by molar-refractivity contribution is 5.78. The third kappa shape index (κ3) is 8.60. The summed E-state index contributed by atoms with van der Waals surface area (Å²) >= 11 is 0. The van der Waals surface area contributed by atoms with Crippen LogP contribution in [0.1, 0.15) is 16.8 Å². The van der Waals surface area contributed by atoms with Gasteiger partial charge in [0, 0.05) is 48.7 Å². The van der Waals surface area contributed by atoms with E-state index in [2.05, 4.69) is 60.3 Å². The first-order chi connectivity index (χ1) is 17.3. The Balaban J connectivity index is 0.000000693. The number of hydrogen-bond donors (Lipinski definition) is 3. The smallest absolute Gasteiger partial charge is 0.290 e. The van der Waals surface area contributed by atoms with E-state index in [-0.39, 0.29) is 25.0 Å². The number of fused-ring (bicyclic) bond motifs is 1. The van der Waals surface area contributed by atoms with Crippen molar-refractivity contribution in [1.29, 1.82) is 0 Å². The molecule has 0 radical (unpaired) electrons. The number of hydrogen-bond acceptors (Lipinski definition) is 7. The Morgan fingerprint density at radius 1 is 1.06 bits per heavy atom. The van der Waals surface area contributed by atoms with Crippen molar-refractivity contribution in [2.75, 3.05) is 34.3 Å². The van der Waals surface area contributed by atoms with Gasteiger partial charge >= 0.3 is 0 Å². The summed E-state index contributed by atoms with van der Waals surface area (Å²) in [6.07, 6.45) is 0.481. The maximum atomic E-state index is 10.7. The summed E-state index contributed by atoms with van der Waals surface area (Å²) < 4.78 is 5.51. The monoisotopic (exact) mass is 497 g/mol. The number of carbonyl (C=O) groups is 2. The first kappa shape index (κ1) is 28.7. The van der Waals surface area contributed by atoms with Crippen LogP contribution in [-0.2, 0) is 29.1 Å². The number of methoxy groups -OCH3 is 1. The Labute approximate surface area is 211 Å². The molecule has 9 nitrogen and oxygen atoms in total. The number of rotatable bonds is 7. The lowest BCUT2D eigenvalue weighted by Crippen LogP contribution is -2.21. The minimum absolute atomic E-state index is 0.207. The minimum Gasteiger partial charge on any atom is -0.496 e. The number of likely N-dealkylation sites (tertiary alicyclic amines) is 1. The molecule has 1 aliphatic heterocycles. The molecule has 194 valence electrons. The zero-order valence-electron chi connectivity index (χ0n) is 20.9. The first-order valence-corrected chi connectivity index (χ1v) is 11.6. The number of aliphatic hydroxyl groups is 1. The van der Waals surface area contributed by atoms with Crippen molar-refractivity contribution in [3.63, 3.8) is 0 Å². The van der Waals surface area contributed by atoms with Gasteiger partial charge in [-0.3, -0.25) is 19.5 Å². The summed E-state index contributed by atoms with van der Waals surface area (Å²) in [5.74, 6) is 1.13. The fraction of sp³-hybridized carbons (Fsp3) is 0.370. The predicted molar refractivity (Wildman–Crippen MR) is 138 cm³/mol. The summed E-state index contributed by atoms with van der Waals surface area (Å²) in [6, 6.07) is 18.8.